The highest BCUT2D eigenvalue weighted by Crippen LogP contribution is 2.36. The Balaban J connectivity index is 1.18. The molecule has 0 saturated carbocycles. The summed E-state index contributed by atoms with van der Waals surface area (Å²) in [4.78, 5) is 24.3. The second-order valence-corrected chi connectivity index (χ2v) is 9.95. The van der Waals surface area contributed by atoms with Gasteiger partial charge in [0.2, 0.25) is 5.91 Å². The zero-order valence-electron chi connectivity index (χ0n) is 19.9. The predicted octanol–water partition coefficient (Wildman–Crippen LogP) is 5.21. The standard InChI is InChI=1S/C24H23F5N6O2S/c25-13-2-1-3-14(30)21(13)19-9-15(33-37-19)17-11-38-24(31-17)12-4-6-34(7-5-12)20(36)10-35-18(23(28)29)8-16(32-35)22(26)27/h1-3,8,11-12,19,22-23H,4-7,9-10,30H2. The fourth-order valence-electron chi connectivity index (χ4n) is 4.65. The first-order valence-corrected chi connectivity index (χ1v) is 12.7. The van der Waals surface area contributed by atoms with Gasteiger partial charge in [0.15, 0.2) is 6.10 Å². The largest absolute Gasteiger partial charge is 0.398 e. The summed E-state index contributed by atoms with van der Waals surface area (Å²) in [5.41, 5.74) is 6.20. The van der Waals surface area contributed by atoms with Gasteiger partial charge >= 0.3 is 0 Å². The van der Waals surface area contributed by atoms with Gasteiger partial charge in [-0.3, -0.25) is 9.48 Å². The van der Waals surface area contributed by atoms with Crippen molar-refractivity contribution in [2.24, 2.45) is 5.16 Å². The summed E-state index contributed by atoms with van der Waals surface area (Å²) in [5.74, 6) is -0.852. The summed E-state index contributed by atoms with van der Waals surface area (Å²) in [7, 11) is 0. The molecule has 1 amide bonds. The Kier molecular flexibility index (Phi) is 7.32. The van der Waals surface area contributed by atoms with Gasteiger partial charge in [0.1, 0.15) is 29.5 Å². The quantitative estimate of drug-likeness (QED) is 0.320. The first-order valence-electron chi connectivity index (χ1n) is 11.8. The number of hydrogen-bond acceptors (Lipinski definition) is 7. The van der Waals surface area contributed by atoms with E-state index >= 15 is 0 Å². The molecule has 14 heteroatoms. The topological polar surface area (TPSA) is 98.6 Å². The van der Waals surface area contributed by atoms with Crippen molar-refractivity contribution < 1.29 is 31.6 Å². The van der Waals surface area contributed by atoms with Crippen LogP contribution in [0.2, 0.25) is 0 Å². The molecule has 1 unspecified atom stereocenters. The number of piperidine rings is 1. The molecule has 8 nitrogen and oxygen atoms in total. The third-order valence-corrected chi connectivity index (χ3v) is 7.66. The van der Waals surface area contributed by atoms with Gasteiger partial charge in [0, 0.05) is 36.5 Å². The van der Waals surface area contributed by atoms with Crippen LogP contribution < -0.4 is 5.73 Å². The van der Waals surface area contributed by atoms with E-state index in [1.165, 1.54) is 28.4 Å². The summed E-state index contributed by atoms with van der Waals surface area (Å²) in [6, 6.07) is 5.07. The average Bonchev–Trinajstić information content (AvgIpc) is 3.64. The van der Waals surface area contributed by atoms with Crippen LogP contribution >= 0.6 is 11.3 Å². The molecule has 5 rings (SSSR count). The number of amides is 1. The molecular weight excluding hydrogens is 531 g/mol. The molecule has 3 aromatic rings. The second-order valence-electron chi connectivity index (χ2n) is 9.06. The van der Waals surface area contributed by atoms with Crippen molar-refractivity contribution >= 4 is 28.6 Å². The van der Waals surface area contributed by atoms with Crippen LogP contribution in [0.1, 0.15) is 71.8 Å². The Bertz CT molecular complexity index is 1330. The molecule has 0 radical (unpaired) electrons. The van der Waals surface area contributed by atoms with Gasteiger partial charge in [-0.2, -0.15) is 5.10 Å². The molecule has 0 aliphatic carbocycles. The molecule has 2 aromatic heterocycles. The number of halogens is 5. The number of thiazole rings is 1. The van der Waals surface area contributed by atoms with Gasteiger partial charge in [-0.25, -0.2) is 26.9 Å². The number of likely N-dealkylation sites (tertiary alicyclic amines) is 1. The van der Waals surface area contributed by atoms with E-state index < -0.39 is 48.6 Å². The molecule has 0 spiro atoms. The first-order chi connectivity index (χ1) is 18.2. The first kappa shape index (κ1) is 26.1. The van der Waals surface area contributed by atoms with E-state index in [-0.39, 0.29) is 11.5 Å². The van der Waals surface area contributed by atoms with Crippen LogP contribution in [0.5, 0.6) is 0 Å². The molecule has 4 heterocycles. The second kappa shape index (κ2) is 10.7. The predicted molar refractivity (Wildman–Crippen MR) is 129 cm³/mol. The van der Waals surface area contributed by atoms with Crippen LogP contribution in [0.3, 0.4) is 0 Å². The van der Waals surface area contributed by atoms with Crippen LogP contribution in [-0.4, -0.2) is 44.4 Å². The molecule has 0 bridgehead atoms. The van der Waals surface area contributed by atoms with Crippen molar-refractivity contribution in [1.29, 1.82) is 0 Å². The molecule has 2 aliphatic heterocycles. The van der Waals surface area contributed by atoms with Gasteiger partial charge in [0.05, 0.1) is 16.3 Å². The number of benzene rings is 1. The monoisotopic (exact) mass is 554 g/mol. The summed E-state index contributed by atoms with van der Waals surface area (Å²) in [5, 5.41) is 10.3. The van der Waals surface area contributed by atoms with E-state index in [0.29, 0.717) is 60.2 Å². The zero-order chi connectivity index (χ0) is 27.0. The maximum atomic E-state index is 14.3. The Labute approximate surface area is 217 Å². The van der Waals surface area contributed by atoms with Crippen LogP contribution in [-0.2, 0) is 16.2 Å². The van der Waals surface area contributed by atoms with Crippen LogP contribution in [0.4, 0.5) is 27.6 Å². The summed E-state index contributed by atoms with van der Waals surface area (Å²) in [6.07, 6.45) is -5.15. The number of alkyl halides is 4. The molecular formula is C24H23F5N6O2S. The highest BCUT2D eigenvalue weighted by Gasteiger charge is 2.31. The molecule has 2 N–H and O–H groups in total. The van der Waals surface area contributed by atoms with E-state index in [4.69, 9.17) is 10.6 Å². The van der Waals surface area contributed by atoms with E-state index in [0.717, 1.165) is 5.01 Å². The maximum Gasteiger partial charge on any atom is 0.282 e. The molecule has 1 atom stereocenters. The van der Waals surface area contributed by atoms with Crippen LogP contribution in [0.25, 0.3) is 0 Å². The van der Waals surface area contributed by atoms with Gasteiger partial charge in [0.25, 0.3) is 12.9 Å². The number of hydrogen-bond donors (Lipinski definition) is 1. The van der Waals surface area contributed by atoms with E-state index in [1.807, 2.05) is 5.38 Å². The van der Waals surface area contributed by atoms with Gasteiger partial charge in [-0.1, -0.05) is 11.2 Å². The van der Waals surface area contributed by atoms with Crippen molar-refractivity contribution in [3.8, 4) is 0 Å². The van der Waals surface area contributed by atoms with Crippen LogP contribution in [0, 0.1) is 5.82 Å². The Hall–Kier alpha value is -3.55. The van der Waals surface area contributed by atoms with Gasteiger partial charge in [-0.05, 0) is 31.0 Å². The van der Waals surface area contributed by atoms with Crippen LogP contribution in [0.15, 0.2) is 34.8 Å². The SMILES string of the molecule is Nc1cccc(F)c1C1CC(c2csc(C3CCN(C(=O)Cn4nc(C(F)F)cc4C(F)F)CC3)n2)=NO1. The summed E-state index contributed by atoms with van der Waals surface area (Å²) >= 11 is 1.45. The van der Waals surface area contributed by atoms with Crippen molar-refractivity contribution in [3.05, 3.63) is 63.1 Å². The van der Waals surface area contributed by atoms with Crippen molar-refractivity contribution in [2.75, 3.05) is 18.8 Å². The number of nitrogens with two attached hydrogens (primary N) is 1. The minimum atomic E-state index is -3.03. The molecule has 1 saturated heterocycles. The Morgan fingerprint density at radius 1 is 1.18 bits per heavy atom. The van der Waals surface area contributed by atoms with E-state index in [1.54, 1.807) is 6.07 Å². The Morgan fingerprint density at radius 2 is 1.95 bits per heavy atom. The molecule has 202 valence electrons. The Morgan fingerprint density at radius 3 is 2.63 bits per heavy atom. The average molecular weight is 555 g/mol. The number of carbonyl (C=O) groups is 1. The number of nitrogen functional groups attached to an aromatic ring is 1. The molecule has 38 heavy (non-hydrogen) atoms. The molecule has 1 aromatic carbocycles. The molecule has 2 aliphatic rings. The lowest BCUT2D eigenvalue weighted by Gasteiger charge is -2.31. The van der Waals surface area contributed by atoms with Gasteiger partial charge in [-0.15, -0.1) is 11.3 Å². The van der Waals surface area contributed by atoms with Crippen molar-refractivity contribution in [1.82, 2.24) is 19.7 Å². The third kappa shape index (κ3) is 5.22. The lowest BCUT2D eigenvalue weighted by molar-refractivity contribution is -0.133. The third-order valence-electron chi connectivity index (χ3n) is 6.65. The van der Waals surface area contributed by atoms with E-state index in [9.17, 15) is 26.7 Å². The fraction of sp³-hybridized carbons (Fsp3) is 0.417. The lowest BCUT2D eigenvalue weighted by atomic mass is 9.97. The smallest absolute Gasteiger partial charge is 0.282 e. The lowest BCUT2D eigenvalue weighted by Crippen LogP contribution is -2.40. The number of rotatable bonds is 7. The highest BCUT2D eigenvalue weighted by molar-refractivity contribution is 7.10. The molecule has 1 fully saturated rings. The van der Waals surface area contributed by atoms with Crippen molar-refractivity contribution in [2.45, 2.75) is 50.7 Å². The minimum Gasteiger partial charge on any atom is -0.398 e. The van der Waals surface area contributed by atoms with Crippen molar-refractivity contribution in [3.63, 3.8) is 0 Å². The summed E-state index contributed by atoms with van der Waals surface area (Å²) < 4.78 is 67.1. The maximum absolute atomic E-state index is 14.3. The number of carbonyl (C=O) groups excluding carboxylic acids is 1. The van der Waals surface area contributed by atoms with Gasteiger partial charge < -0.3 is 15.5 Å². The normalized spacial score (nSPS) is 18.3. The fourth-order valence-corrected chi connectivity index (χ4v) is 5.65. The number of anilines is 1. The minimum absolute atomic E-state index is 0.0745. The zero-order valence-corrected chi connectivity index (χ0v) is 20.7. The highest BCUT2D eigenvalue weighted by atomic mass is 32.1. The number of nitrogens with zero attached hydrogens (tertiary/aromatic N) is 5. The summed E-state index contributed by atoms with van der Waals surface area (Å²) in [6.45, 7) is 0.195. The van der Waals surface area contributed by atoms with E-state index in [2.05, 4.69) is 15.2 Å². The number of aromatic nitrogens is 3. The number of oxime groups is 1.